The van der Waals surface area contributed by atoms with Crippen LogP contribution >= 0.6 is 11.6 Å². The summed E-state index contributed by atoms with van der Waals surface area (Å²) in [6, 6.07) is 0.443. The zero-order valence-corrected chi connectivity index (χ0v) is 16.6. The van der Waals surface area contributed by atoms with Crippen LogP contribution in [0.15, 0.2) is 12.1 Å². The predicted octanol–water partition coefficient (Wildman–Crippen LogP) is 4.17. The van der Waals surface area contributed by atoms with E-state index in [1.807, 2.05) is 0 Å². The quantitative estimate of drug-likeness (QED) is 0.533. The van der Waals surface area contributed by atoms with Gasteiger partial charge in [0, 0.05) is 18.7 Å². The van der Waals surface area contributed by atoms with Gasteiger partial charge in [-0.15, -0.1) is 0 Å². The molecule has 2 fully saturated rings. The van der Waals surface area contributed by atoms with E-state index in [1.165, 1.54) is 4.90 Å². The molecule has 0 spiro atoms. The first kappa shape index (κ1) is 22.6. The van der Waals surface area contributed by atoms with Crippen LogP contribution in [0.25, 0.3) is 0 Å². The van der Waals surface area contributed by atoms with Gasteiger partial charge in [-0.25, -0.2) is 13.6 Å². The lowest BCUT2D eigenvalue weighted by Gasteiger charge is -2.37. The molecule has 0 bridgehead atoms. The number of nitrogens with one attached hydrogen (secondary N) is 2. The van der Waals surface area contributed by atoms with E-state index in [-0.39, 0.29) is 56.8 Å². The van der Waals surface area contributed by atoms with Crippen LogP contribution in [-0.4, -0.2) is 42.6 Å². The molecule has 1 saturated carbocycles. The highest BCUT2D eigenvalue weighted by molar-refractivity contribution is 6.31. The molecule has 3 amide bonds. The second kappa shape index (κ2) is 8.95. The maximum absolute atomic E-state index is 14.7. The van der Waals surface area contributed by atoms with Crippen LogP contribution in [-0.2, 0) is 4.79 Å². The fourth-order valence-corrected chi connectivity index (χ4v) is 4.22. The molecule has 1 aliphatic carbocycles. The number of halogens is 6. The number of nitrogens with zero attached hydrogens (tertiary/aromatic N) is 1. The number of piperazine rings is 1. The number of hydrogen-bond acceptors (Lipinski definition) is 2. The largest absolute Gasteiger partial charge is 0.391 e. The molecule has 2 N–H and O–H groups in total. The number of benzene rings is 1. The molecule has 30 heavy (non-hydrogen) atoms. The van der Waals surface area contributed by atoms with Gasteiger partial charge in [0.05, 0.1) is 12.0 Å². The Morgan fingerprint density at radius 2 is 1.87 bits per heavy atom. The molecule has 1 heterocycles. The van der Waals surface area contributed by atoms with Gasteiger partial charge in [-0.05, 0) is 37.7 Å². The third kappa shape index (κ3) is 4.96. The summed E-state index contributed by atoms with van der Waals surface area (Å²) in [5, 5.41) is 4.47. The smallest absolute Gasteiger partial charge is 0.353 e. The first-order valence-electron chi connectivity index (χ1n) is 9.60. The second-order valence-corrected chi connectivity index (χ2v) is 7.99. The van der Waals surface area contributed by atoms with Gasteiger partial charge in [0.2, 0.25) is 5.91 Å². The Bertz CT molecular complexity index is 812. The zero-order chi connectivity index (χ0) is 22.1. The minimum atomic E-state index is -4.31. The molecule has 166 valence electrons. The molecule has 2 aliphatic rings. The number of carbonyl (C=O) groups is 2. The van der Waals surface area contributed by atoms with Crippen molar-refractivity contribution in [3.63, 3.8) is 0 Å². The van der Waals surface area contributed by atoms with Crippen LogP contribution in [0.1, 0.15) is 37.3 Å². The lowest BCUT2D eigenvalue weighted by molar-refractivity contribution is -0.184. The number of hydrogen-bond donors (Lipinski definition) is 2. The topological polar surface area (TPSA) is 61.4 Å². The summed E-state index contributed by atoms with van der Waals surface area (Å²) in [6.45, 7) is 0.300. The van der Waals surface area contributed by atoms with Gasteiger partial charge < -0.3 is 15.5 Å². The number of carbonyl (C=O) groups excluding carboxylic acids is 2. The second-order valence-electron chi connectivity index (χ2n) is 7.62. The van der Waals surface area contributed by atoms with Crippen molar-refractivity contribution in [1.29, 1.82) is 0 Å². The molecule has 1 aliphatic heterocycles. The van der Waals surface area contributed by atoms with Crippen LogP contribution < -0.4 is 10.6 Å². The highest BCUT2D eigenvalue weighted by Gasteiger charge is 2.43. The number of urea groups is 1. The highest BCUT2D eigenvalue weighted by Crippen LogP contribution is 2.44. The summed E-state index contributed by atoms with van der Waals surface area (Å²) in [6.07, 6.45) is -4.41. The van der Waals surface area contributed by atoms with Crippen molar-refractivity contribution in [2.75, 3.05) is 19.6 Å². The average molecular weight is 454 g/mol. The van der Waals surface area contributed by atoms with Gasteiger partial charge in [-0.3, -0.25) is 4.79 Å². The summed E-state index contributed by atoms with van der Waals surface area (Å²) >= 11 is 5.68. The number of amides is 3. The summed E-state index contributed by atoms with van der Waals surface area (Å²) in [5.74, 6) is -4.33. The first-order chi connectivity index (χ1) is 14.1. The minimum absolute atomic E-state index is 0.0910. The molecule has 1 saturated heterocycles. The Kier molecular flexibility index (Phi) is 6.74. The third-order valence-electron chi connectivity index (χ3n) is 5.71. The lowest BCUT2D eigenvalue weighted by atomic mass is 9.76. The average Bonchev–Trinajstić information content (AvgIpc) is 2.70. The van der Waals surface area contributed by atoms with E-state index in [9.17, 15) is 31.5 Å². The summed E-state index contributed by atoms with van der Waals surface area (Å²) < 4.78 is 67.3. The fourth-order valence-electron chi connectivity index (χ4n) is 4.05. The van der Waals surface area contributed by atoms with Crippen molar-refractivity contribution in [2.24, 2.45) is 11.8 Å². The van der Waals surface area contributed by atoms with Crippen LogP contribution in [0.4, 0.5) is 26.7 Å². The first-order valence-corrected chi connectivity index (χ1v) is 9.98. The van der Waals surface area contributed by atoms with Gasteiger partial charge in [0.15, 0.2) is 0 Å². The van der Waals surface area contributed by atoms with Crippen LogP contribution in [0.3, 0.4) is 0 Å². The molecule has 1 unspecified atom stereocenters. The molecule has 5 nitrogen and oxygen atoms in total. The maximum Gasteiger partial charge on any atom is 0.391 e. The van der Waals surface area contributed by atoms with Gasteiger partial charge in [-0.2, -0.15) is 13.2 Å². The highest BCUT2D eigenvalue weighted by atomic mass is 35.5. The zero-order valence-electron chi connectivity index (χ0n) is 15.9. The molecule has 3 rings (SSSR count). The Balaban J connectivity index is 1.83. The number of alkyl halides is 3. The maximum atomic E-state index is 14.7. The fraction of sp³-hybridized carbons (Fsp3) is 0.579. The van der Waals surface area contributed by atoms with E-state index in [2.05, 4.69) is 10.6 Å². The monoisotopic (exact) mass is 453 g/mol. The van der Waals surface area contributed by atoms with Crippen molar-refractivity contribution >= 4 is 23.5 Å². The third-order valence-corrected chi connectivity index (χ3v) is 6.06. The van der Waals surface area contributed by atoms with E-state index in [0.29, 0.717) is 0 Å². The Labute approximate surface area is 174 Å². The predicted molar refractivity (Wildman–Crippen MR) is 98.7 cm³/mol. The Morgan fingerprint density at radius 3 is 2.47 bits per heavy atom. The van der Waals surface area contributed by atoms with E-state index >= 15 is 0 Å². The van der Waals surface area contributed by atoms with E-state index in [4.69, 9.17) is 11.6 Å². The SMILES string of the molecule is O=C1CN(C(=O)NC(c2ccc(F)c(Cl)c2F)C2CCC(C(F)(F)F)CC2)CCN1. The van der Waals surface area contributed by atoms with E-state index in [1.54, 1.807) is 0 Å². The van der Waals surface area contributed by atoms with Gasteiger partial charge >= 0.3 is 12.2 Å². The molecule has 11 heteroatoms. The van der Waals surface area contributed by atoms with Crippen molar-refractivity contribution < 1.29 is 31.5 Å². The summed E-state index contributed by atoms with van der Waals surface area (Å²) in [5.41, 5.74) is -0.0910. The summed E-state index contributed by atoms with van der Waals surface area (Å²) in [7, 11) is 0. The molecule has 0 aromatic heterocycles. The molecular formula is C19H21ClF5N3O2. The van der Waals surface area contributed by atoms with Crippen molar-refractivity contribution in [3.8, 4) is 0 Å². The van der Waals surface area contributed by atoms with Crippen LogP contribution in [0, 0.1) is 23.5 Å². The van der Waals surface area contributed by atoms with E-state index < -0.39 is 46.7 Å². The molecule has 0 radical (unpaired) electrons. The van der Waals surface area contributed by atoms with Crippen LogP contribution in [0.2, 0.25) is 5.02 Å². The van der Waals surface area contributed by atoms with Crippen molar-refractivity contribution in [3.05, 3.63) is 34.4 Å². The number of rotatable bonds is 3. The lowest BCUT2D eigenvalue weighted by Crippen LogP contribution is -2.54. The molecule has 1 aromatic carbocycles. The van der Waals surface area contributed by atoms with Gasteiger partial charge in [0.1, 0.15) is 23.2 Å². The van der Waals surface area contributed by atoms with Gasteiger partial charge in [-0.1, -0.05) is 17.7 Å². The van der Waals surface area contributed by atoms with Crippen molar-refractivity contribution in [1.82, 2.24) is 15.5 Å². The normalized spacial score (nSPS) is 23.7. The molecule has 1 aromatic rings. The summed E-state index contributed by atoms with van der Waals surface area (Å²) in [4.78, 5) is 25.5. The van der Waals surface area contributed by atoms with Crippen molar-refractivity contribution in [2.45, 2.75) is 37.9 Å². The van der Waals surface area contributed by atoms with E-state index in [0.717, 1.165) is 12.1 Å². The Morgan fingerprint density at radius 1 is 1.20 bits per heavy atom. The van der Waals surface area contributed by atoms with Gasteiger partial charge in [0.25, 0.3) is 0 Å². The standard InChI is InChI=1S/C19H21ClF5N3O2/c20-15-13(21)6-5-12(16(15)22)17(10-1-3-11(4-2-10)19(23,24)25)27-18(30)28-8-7-26-14(29)9-28/h5-6,10-11,17H,1-4,7-9H2,(H,26,29)(H,27,30). The Hall–Kier alpha value is -2.10. The van der Waals surface area contributed by atoms with Crippen LogP contribution in [0.5, 0.6) is 0 Å². The molecule has 1 atom stereocenters. The molecular weight excluding hydrogens is 433 g/mol. The minimum Gasteiger partial charge on any atom is -0.353 e.